The molecule has 0 fully saturated rings. The smallest absolute Gasteiger partial charge is 0.341 e. The highest BCUT2D eigenvalue weighted by Gasteiger charge is 2.15. The van der Waals surface area contributed by atoms with Crippen molar-refractivity contribution in [2.75, 3.05) is 6.61 Å². The Kier molecular flexibility index (Phi) is 3.66. The summed E-state index contributed by atoms with van der Waals surface area (Å²) in [5, 5.41) is 8.99. The van der Waals surface area contributed by atoms with E-state index in [0.29, 0.717) is 18.1 Å². The zero-order valence-electron chi connectivity index (χ0n) is 9.15. The van der Waals surface area contributed by atoms with E-state index in [1.165, 1.54) is 0 Å². The predicted molar refractivity (Wildman–Crippen MR) is 56.3 cm³/mol. The van der Waals surface area contributed by atoms with Crippen LogP contribution in [0.25, 0.3) is 0 Å². The minimum Gasteiger partial charge on any atom is -0.477 e. The maximum absolute atomic E-state index is 11.0. The van der Waals surface area contributed by atoms with E-state index in [1.807, 2.05) is 13.8 Å². The fraction of sp³-hybridized carbons (Fsp3) is 0.455. The summed E-state index contributed by atoms with van der Waals surface area (Å²) in [5.74, 6) is -0.454. The second-order valence-corrected chi connectivity index (χ2v) is 3.82. The quantitative estimate of drug-likeness (QED) is 0.825. The van der Waals surface area contributed by atoms with Gasteiger partial charge >= 0.3 is 5.97 Å². The molecule has 4 heteroatoms. The van der Waals surface area contributed by atoms with Gasteiger partial charge in [0, 0.05) is 6.20 Å². The largest absolute Gasteiger partial charge is 0.477 e. The standard InChI is InChI=1S/C11H15NO3/c1-7(2)6-15-10-9(11(13)14)8(3)4-5-12-10/h4-5,7H,6H2,1-3H3,(H,13,14). The molecule has 82 valence electrons. The average molecular weight is 209 g/mol. The average Bonchev–Trinajstić information content (AvgIpc) is 2.13. The van der Waals surface area contributed by atoms with Crippen molar-refractivity contribution < 1.29 is 14.6 Å². The molecule has 1 aromatic rings. The molecule has 0 aliphatic heterocycles. The van der Waals surface area contributed by atoms with E-state index in [4.69, 9.17) is 9.84 Å². The molecular weight excluding hydrogens is 194 g/mol. The first-order chi connectivity index (χ1) is 7.02. The van der Waals surface area contributed by atoms with Crippen LogP contribution in [0.5, 0.6) is 5.88 Å². The van der Waals surface area contributed by atoms with Crippen molar-refractivity contribution in [2.45, 2.75) is 20.8 Å². The molecule has 0 spiro atoms. The summed E-state index contributed by atoms with van der Waals surface area (Å²) in [6.07, 6.45) is 1.55. The normalized spacial score (nSPS) is 10.4. The molecule has 0 unspecified atom stereocenters. The number of ether oxygens (including phenoxy) is 1. The number of rotatable bonds is 4. The van der Waals surface area contributed by atoms with Crippen molar-refractivity contribution >= 4 is 5.97 Å². The van der Waals surface area contributed by atoms with E-state index in [0.717, 1.165) is 0 Å². The lowest BCUT2D eigenvalue weighted by Crippen LogP contribution is -2.11. The first-order valence-corrected chi connectivity index (χ1v) is 4.84. The highest BCUT2D eigenvalue weighted by atomic mass is 16.5. The van der Waals surface area contributed by atoms with Crippen molar-refractivity contribution in [1.82, 2.24) is 4.98 Å². The molecule has 0 aromatic carbocycles. The van der Waals surface area contributed by atoms with Gasteiger partial charge in [0.25, 0.3) is 0 Å². The summed E-state index contributed by atoms with van der Waals surface area (Å²) in [4.78, 5) is 14.9. The Morgan fingerprint density at radius 2 is 2.27 bits per heavy atom. The van der Waals surface area contributed by atoms with Gasteiger partial charge < -0.3 is 9.84 Å². The number of carboxylic acid groups (broad SMARTS) is 1. The van der Waals surface area contributed by atoms with Gasteiger partial charge in [-0.1, -0.05) is 13.8 Å². The number of aromatic carboxylic acids is 1. The van der Waals surface area contributed by atoms with Crippen molar-refractivity contribution in [1.29, 1.82) is 0 Å². The minimum atomic E-state index is -1.00. The Hall–Kier alpha value is -1.58. The van der Waals surface area contributed by atoms with Gasteiger partial charge in [0.2, 0.25) is 5.88 Å². The number of aromatic nitrogens is 1. The predicted octanol–water partition coefficient (Wildman–Crippen LogP) is 2.12. The zero-order valence-corrected chi connectivity index (χ0v) is 9.15. The summed E-state index contributed by atoms with van der Waals surface area (Å²) in [5.41, 5.74) is 0.814. The molecule has 0 aliphatic carbocycles. The summed E-state index contributed by atoms with van der Waals surface area (Å²) >= 11 is 0. The monoisotopic (exact) mass is 209 g/mol. The molecule has 0 amide bonds. The molecule has 0 saturated carbocycles. The van der Waals surface area contributed by atoms with Crippen LogP contribution in [0, 0.1) is 12.8 Å². The number of hydrogen-bond donors (Lipinski definition) is 1. The van der Waals surface area contributed by atoms with Crippen LogP contribution in [0.15, 0.2) is 12.3 Å². The van der Waals surface area contributed by atoms with Crippen LogP contribution in [-0.4, -0.2) is 22.7 Å². The molecule has 4 nitrogen and oxygen atoms in total. The molecular formula is C11H15NO3. The van der Waals surface area contributed by atoms with E-state index in [2.05, 4.69) is 4.98 Å². The van der Waals surface area contributed by atoms with Crippen LogP contribution in [0.3, 0.4) is 0 Å². The third-order valence-electron chi connectivity index (χ3n) is 1.89. The lowest BCUT2D eigenvalue weighted by atomic mass is 10.1. The fourth-order valence-corrected chi connectivity index (χ4v) is 1.15. The van der Waals surface area contributed by atoms with Crippen LogP contribution >= 0.6 is 0 Å². The molecule has 1 rings (SSSR count). The Labute approximate surface area is 88.9 Å². The zero-order chi connectivity index (χ0) is 11.4. The van der Waals surface area contributed by atoms with Gasteiger partial charge in [-0.15, -0.1) is 0 Å². The van der Waals surface area contributed by atoms with Gasteiger partial charge in [-0.3, -0.25) is 0 Å². The van der Waals surface area contributed by atoms with Crippen molar-refractivity contribution in [3.05, 3.63) is 23.4 Å². The Morgan fingerprint density at radius 1 is 1.60 bits per heavy atom. The van der Waals surface area contributed by atoms with E-state index < -0.39 is 5.97 Å². The highest BCUT2D eigenvalue weighted by Crippen LogP contribution is 2.19. The van der Waals surface area contributed by atoms with E-state index >= 15 is 0 Å². The van der Waals surface area contributed by atoms with Crippen LogP contribution in [0.2, 0.25) is 0 Å². The number of nitrogens with zero attached hydrogens (tertiary/aromatic N) is 1. The summed E-state index contributed by atoms with van der Waals surface area (Å²) < 4.78 is 5.35. The molecule has 1 N–H and O–H groups in total. The Morgan fingerprint density at radius 3 is 2.80 bits per heavy atom. The Balaban J connectivity index is 2.96. The van der Waals surface area contributed by atoms with Crippen molar-refractivity contribution in [2.24, 2.45) is 5.92 Å². The molecule has 0 saturated heterocycles. The van der Waals surface area contributed by atoms with Gasteiger partial charge in [-0.2, -0.15) is 0 Å². The first kappa shape index (κ1) is 11.5. The fourth-order valence-electron chi connectivity index (χ4n) is 1.15. The molecule has 0 radical (unpaired) electrons. The molecule has 1 heterocycles. The maximum atomic E-state index is 11.0. The van der Waals surface area contributed by atoms with E-state index in [1.54, 1.807) is 19.2 Å². The van der Waals surface area contributed by atoms with Crippen molar-refractivity contribution in [3.63, 3.8) is 0 Å². The number of hydrogen-bond acceptors (Lipinski definition) is 3. The lowest BCUT2D eigenvalue weighted by Gasteiger charge is -2.11. The topological polar surface area (TPSA) is 59.4 Å². The third kappa shape index (κ3) is 2.94. The van der Waals surface area contributed by atoms with Crippen LogP contribution in [0.4, 0.5) is 0 Å². The van der Waals surface area contributed by atoms with Crippen LogP contribution < -0.4 is 4.74 Å². The van der Waals surface area contributed by atoms with Crippen LogP contribution in [-0.2, 0) is 0 Å². The molecule has 1 aromatic heterocycles. The van der Waals surface area contributed by atoms with Gasteiger partial charge in [0.05, 0.1) is 6.61 Å². The van der Waals surface area contributed by atoms with Crippen LogP contribution in [0.1, 0.15) is 29.8 Å². The minimum absolute atomic E-state index is 0.151. The third-order valence-corrected chi connectivity index (χ3v) is 1.89. The van der Waals surface area contributed by atoms with Gasteiger partial charge in [0.1, 0.15) is 5.56 Å². The van der Waals surface area contributed by atoms with Gasteiger partial charge in [-0.25, -0.2) is 9.78 Å². The Bertz CT molecular complexity index is 361. The SMILES string of the molecule is Cc1ccnc(OCC(C)C)c1C(=O)O. The summed E-state index contributed by atoms with van der Waals surface area (Å²) in [7, 11) is 0. The second-order valence-electron chi connectivity index (χ2n) is 3.82. The maximum Gasteiger partial charge on any atom is 0.341 e. The van der Waals surface area contributed by atoms with Gasteiger partial charge in [-0.05, 0) is 24.5 Å². The number of carbonyl (C=O) groups is 1. The highest BCUT2D eigenvalue weighted by molar-refractivity contribution is 5.91. The van der Waals surface area contributed by atoms with E-state index in [-0.39, 0.29) is 11.4 Å². The molecule has 0 aliphatic rings. The molecule has 0 bridgehead atoms. The first-order valence-electron chi connectivity index (χ1n) is 4.84. The number of pyridine rings is 1. The summed E-state index contributed by atoms with van der Waals surface area (Å²) in [6, 6.07) is 1.66. The number of carboxylic acids is 1. The van der Waals surface area contributed by atoms with E-state index in [9.17, 15) is 4.79 Å². The molecule has 15 heavy (non-hydrogen) atoms. The number of aryl methyl sites for hydroxylation is 1. The second kappa shape index (κ2) is 4.77. The lowest BCUT2D eigenvalue weighted by molar-refractivity contribution is 0.0689. The summed E-state index contributed by atoms with van der Waals surface area (Å²) in [6.45, 7) is 6.19. The van der Waals surface area contributed by atoms with Gasteiger partial charge in [0.15, 0.2) is 0 Å². The molecule has 0 atom stereocenters. The van der Waals surface area contributed by atoms with Crippen molar-refractivity contribution in [3.8, 4) is 5.88 Å².